The largest absolute Gasteiger partial charge is 0.385 e. The SMILES string of the molecule is CCNC(=NCCCOC)NCCn1cnnc1CC.I. The Kier molecular flexibility index (Phi) is 12.3. The first-order chi connectivity index (χ1) is 9.81. The fourth-order valence-electron chi connectivity index (χ4n) is 1.78. The number of rotatable bonds is 9. The standard InChI is InChI=1S/C13H26N6O.HI/c1-4-12-18-17-11-19(12)9-8-16-13(14-5-2)15-7-6-10-20-3;/h11H,4-10H2,1-3H3,(H2,14,15,16);1H. The van der Waals surface area contributed by atoms with Crippen molar-refractivity contribution in [3.8, 4) is 0 Å². The number of nitrogens with zero attached hydrogens (tertiary/aromatic N) is 4. The lowest BCUT2D eigenvalue weighted by Gasteiger charge is -2.12. The van der Waals surface area contributed by atoms with Crippen LogP contribution in [0.4, 0.5) is 0 Å². The lowest BCUT2D eigenvalue weighted by Crippen LogP contribution is -2.39. The van der Waals surface area contributed by atoms with Crippen LogP contribution >= 0.6 is 24.0 Å². The summed E-state index contributed by atoms with van der Waals surface area (Å²) in [6.07, 6.45) is 3.59. The molecule has 0 radical (unpaired) electrons. The number of aryl methyl sites for hydroxylation is 1. The maximum absolute atomic E-state index is 5.01. The van der Waals surface area contributed by atoms with Gasteiger partial charge in [-0.3, -0.25) is 4.99 Å². The molecule has 0 spiro atoms. The van der Waals surface area contributed by atoms with Crippen LogP contribution < -0.4 is 10.6 Å². The molecule has 0 aromatic carbocycles. The van der Waals surface area contributed by atoms with E-state index in [4.69, 9.17) is 4.74 Å². The summed E-state index contributed by atoms with van der Waals surface area (Å²) < 4.78 is 7.07. The van der Waals surface area contributed by atoms with Crippen LogP contribution in [0.3, 0.4) is 0 Å². The molecule has 0 saturated heterocycles. The van der Waals surface area contributed by atoms with Crippen molar-refractivity contribution in [2.45, 2.75) is 33.2 Å². The third-order valence-corrected chi connectivity index (χ3v) is 2.78. The van der Waals surface area contributed by atoms with Gasteiger partial charge >= 0.3 is 0 Å². The molecule has 0 aliphatic heterocycles. The number of methoxy groups -OCH3 is 1. The summed E-state index contributed by atoms with van der Waals surface area (Å²) in [6, 6.07) is 0. The second-order valence-corrected chi connectivity index (χ2v) is 4.33. The van der Waals surface area contributed by atoms with Crippen molar-refractivity contribution in [1.82, 2.24) is 25.4 Å². The summed E-state index contributed by atoms with van der Waals surface area (Å²) in [5.41, 5.74) is 0. The van der Waals surface area contributed by atoms with Crippen molar-refractivity contribution in [3.05, 3.63) is 12.2 Å². The molecule has 1 aromatic heterocycles. The first kappa shape index (κ1) is 20.1. The van der Waals surface area contributed by atoms with Crippen LogP contribution in [0.5, 0.6) is 0 Å². The first-order valence-corrected chi connectivity index (χ1v) is 7.19. The van der Waals surface area contributed by atoms with E-state index >= 15 is 0 Å². The summed E-state index contributed by atoms with van der Waals surface area (Å²) >= 11 is 0. The average molecular weight is 410 g/mol. The third-order valence-electron chi connectivity index (χ3n) is 2.78. The molecule has 1 aromatic rings. The zero-order valence-electron chi connectivity index (χ0n) is 13.1. The van der Waals surface area contributed by atoms with Gasteiger partial charge in [-0.05, 0) is 13.3 Å². The molecule has 1 rings (SSSR count). The van der Waals surface area contributed by atoms with E-state index in [1.807, 2.05) is 0 Å². The van der Waals surface area contributed by atoms with E-state index in [2.05, 4.69) is 44.2 Å². The molecule has 0 saturated carbocycles. The van der Waals surface area contributed by atoms with E-state index in [0.717, 1.165) is 57.4 Å². The van der Waals surface area contributed by atoms with E-state index < -0.39 is 0 Å². The van der Waals surface area contributed by atoms with Gasteiger partial charge in [-0.1, -0.05) is 6.92 Å². The van der Waals surface area contributed by atoms with Crippen LogP contribution in [0, 0.1) is 0 Å². The Balaban J connectivity index is 0.00000400. The molecule has 7 nitrogen and oxygen atoms in total. The molecule has 122 valence electrons. The van der Waals surface area contributed by atoms with Crippen molar-refractivity contribution >= 4 is 29.9 Å². The van der Waals surface area contributed by atoms with Gasteiger partial charge in [0.2, 0.25) is 0 Å². The molecular formula is C13H27IN6O. The second kappa shape index (κ2) is 12.8. The van der Waals surface area contributed by atoms with Crippen molar-refractivity contribution in [3.63, 3.8) is 0 Å². The zero-order valence-corrected chi connectivity index (χ0v) is 15.5. The smallest absolute Gasteiger partial charge is 0.191 e. The zero-order chi connectivity index (χ0) is 14.6. The van der Waals surface area contributed by atoms with E-state index in [0.29, 0.717) is 0 Å². The minimum Gasteiger partial charge on any atom is -0.385 e. The van der Waals surface area contributed by atoms with Gasteiger partial charge < -0.3 is 19.9 Å². The Bertz CT molecular complexity index is 396. The highest BCUT2D eigenvalue weighted by atomic mass is 127. The van der Waals surface area contributed by atoms with Crippen LogP contribution in [0.2, 0.25) is 0 Å². The van der Waals surface area contributed by atoms with Gasteiger partial charge in [-0.15, -0.1) is 34.2 Å². The van der Waals surface area contributed by atoms with Crippen LogP contribution in [-0.4, -0.2) is 54.1 Å². The second-order valence-electron chi connectivity index (χ2n) is 4.33. The molecule has 0 fully saturated rings. The number of ether oxygens (including phenoxy) is 1. The fraction of sp³-hybridized carbons (Fsp3) is 0.769. The molecule has 0 aliphatic rings. The summed E-state index contributed by atoms with van der Waals surface area (Å²) in [4.78, 5) is 4.49. The number of aliphatic imine (C=N–C) groups is 1. The molecule has 0 aliphatic carbocycles. The summed E-state index contributed by atoms with van der Waals surface area (Å²) in [5, 5.41) is 14.5. The highest BCUT2D eigenvalue weighted by Crippen LogP contribution is 1.94. The highest BCUT2D eigenvalue weighted by molar-refractivity contribution is 14.0. The van der Waals surface area contributed by atoms with Crippen LogP contribution in [0.25, 0.3) is 0 Å². The van der Waals surface area contributed by atoms with E-state index in [9.17, 15) is 0 Å². The normalized spacial score (nSPS) is 11.1. The molecule has 21 heavy (non-hydrogen) atoms. The lowest BCUT2D eigenvalue weighted by atomic mass is 10.4. The predicted octanol–water partition coefficient (Wildman–Crippen LogP) is 1.05. The number of guanidine groups is 1. The molecule has 0 bridgehead atoms. The molecule has 0 atom stereocenters. The minimum atomic E-state index is 0. The molecular weight excluding hydrogens is 383 g/mol. The number of hydrogen-bond acceptors (Lipinski definition) is 4. The molecule has 0 amide bonds. The predicted molar refractivity (Wildman–Crippen MR) is 95.3 cm³/mol. The Hall–Kier alpha value is -0.900. The lowest BCUT2D eigenvalue weighted by molar-refractivity contribution is 0.197. The number of aromatic nitrogens is 3. The first-order valence-electron chi connectivity index (χ1n) is 7.19. The van der Waals surface area contributed by atoms with Crippen molar-refractivity contribution in [2.24, 2.45) is 4.99 Å². The molecule has 0 unspecified atom stereocenters. The van der Waals surface area contributed by atoms with Gasteiger partial charge in [0.15, 0.2) is 5.96 Å². The Morgan fingerprint density at radius 3 is 2.86 bits per heavy atom. The van der Waals surface area contributed by atoms with Gasteiger partial charge in [-0.25, -0.2) is 0 Å². The number of hydrogen-bond donors (Lipinski definition) is 2. The molecule has 2 N–H and O–H groups in total. The molecule has 8 heteroatoms. The van der Waals surface area contributed by atoms with Crippen molar-refractivity contribution in [1.29, 1.82) is 0 Å². The minimum absolute atomic E-state index is 0. The average Bonchev–Trinajstić information content (AvgIpc) is 2.91. The Morgan fingerprint density at radius 1 is 1.38 bits per heavy atom. The van der Waals surface area contributed by atoms with Crippen LogP contribution in [-0.2, 0) is 17.7 Å². The van der Waals surface area contributed by atoms with Gasteiger partial charge in [0.05, 0.1) is 0 Å². The van der Waals surface area contributed by atoms with E-state index in [1.165, 1.54) is 0 Å². The Labute approximate surface area is 144 Å². The maximum atomic E-state index is 5.01. The van der Waals surface area contributed by atoms with E-state index in [-0.39, 0.29) is 24.0 Å². The van der Waals surface area contributed by atoms with Crippen LogP contribution in [0.15, 0.2) is 11.3 Å². The maximum Gasteiger partial charge on any atom is 0.191 e. The Morgan fingerprint density at radius 2 is 2.19 bits per heavy atom. The monoisotopic (exact) mass is 410 g/mol. The van der Waals surface area contributed by atoms with Crippen LogP contribution in [0.1, 0.15) is 26.1 Å². The topological polar surface area (TPSA) is 76.4 Å². The quantitative estimate of drug-likeness (QED) is 0.276. The van der Waals surface area contributed by atoms with Crippen molar-refractivity contribution in [2.75, 3.05) is 33.4 Å². The van der Waals surface area contributed by atoms with Gasteiger partial charge in [-0.2, -0.15) is 0 Å². The van der Waals surface area contributed by atoms with E-state index in [1.54, 1.807) is 13.4 Å². The van der Waals surface area contributed by atoms with Gasteiger partial charge in [0.25, 0.3) is 0 Å². The summed E-state index contributed by atoms with van der Waals surface area (Å²) in [5.74, 6) is 1.85. The van der Waals surface area contributed by atoms with Crippen molar-refractivity contribution < 1.29 is 4.74 Å². The van der Waals surface area contributed by atoms with Gasteiger partial charge in [0.1, 0.15) is 12.2 Å². The van der Waals surface area contributed by atoms with Gasteiger partial charge in [0, 0.05) is 46.3 Å². The summed E-state index contributed by atoms with van der Waals surface area (Å²) in [6.45, 7) is 8.11. The third kappa shape index (κ3) is 8.20. The number of halogens is 1. The highest BCUT2D eigenvalue weighted by Gasteiger charge is 2.01. The molecule has 1 heterocycles. The number of nitrogens with one attached hydrogen (secondary N) is 2. The summed E-state index contributed by atoms with van der Waals surface area (Å²) in [7, 11) is 1.71. The fourth-order valence-corrected chi connectivity index (χ4v) is 1.78.